The van der Waals surface area contributed by atoms with Gasteiger partial charge in [0, 0.05) is 15.5 Å². The van der Waals surface area contributed by atoms with E-state index < -0.39 is 18.5 Å². The van der Waals surface area contributed by atoms with Crippen LogP contribution >= 0.6 is 15.9 Å². The summed E-state index contributed by atoms with van der Waals surface area (Å²) in [5, 5.41) is 3.33. The van der Waals surface area contributed by atoms with Crippen LogP contribution < -0.4 is 5.32 Å². The molecular formula is C22H15BrN2O4. The van der Waals surface area contributed by atoms with Gasteiger partial charge in [-0.05, 0) is 42.5 Å². The van der Waals surface area contributed by atoms with E-state index in [2.05, 4.69) is 26.2 Å². The van der Waals surface area contributed by atoms with Crippen molar-refractivity contribution in [1.82, 2.24) is 4.98 Å². The summed E-state index contributed by atoms with van der Waals surface area (Å²) in [6.45, 7) is -0.405. The van der Waals surface area contributed by atoms with Crippen LogP contribution in [0.4, 0.5) is 5.69 Å². The zero-order valence-electron chi connectivity index (χ0n) is 15.1. The van der Waals surface area contributed by atoms with Crippen molar-refractivity contribution in [3.05, 3.63) is 83.0 Å². The van der Waals surface area contributed by atoms with Gasteiger partial charge in [-0.2, -0.15) is 0 Å². The van der Waals surface area contributed by atoms with Gasteiger partial charge in [0.25, 0.3) is 5.91 Å². The monoisotopic (exact) mass is 450 g/mol. The SMILES string of the molecule is O=C(COC(=O)c1cc(-c2ccco2)nc2ccccc12)Nc1cccc(Br)c1. The summed E-state index contributed by atoms with van der Waals surface area (Å²) in [6, 6.07) is 19.5. The zero-order valence-corrected chi connectivity index (χ0v) is 16.7. The van der Waals surface area contributed by atoms with Gasteiger partial charge in [0.05, 0.1) is 17.3 Å². The van der Waals surface area contributed by atoms with Gasteiger partial charge >= 0.3 is 5.97 Å². The Bertz CT molecular complexity index is 1190. The second-order valence-corrected chi connectivity index (χ2v) is 7.10. The minimum absolute atomic E-state index is 0.317. The van der Waals surface area contributed by atoms with Crippen molar-refractivity contribution in [3.8, 4) is 11.5 Å². The summed E-state index contributed by atoms with van der Waals surface area (Å²) in [5.74, 6) is -0.501. The van der Waals surface area contributed by atoms with E-state index in [4.69, 9.17) is 9.15 Å². The predicted octanol–water partition coefficient (Wildman–Crippen LogP) is 5.05. The number of hydrogen-bond donors (Lipinski definition) is 1. The van der Waals surface area contributed by atoms with E-state index in [-0.39, 0.29) is 0 Å². The number of furan rings is 1. The molecule has 0 saturated carbocycles. The molecule has 0 atom stereocenters. The first kappa shape index (κ1) is 18.9. The normalized spacial score (nSPS) is 10.7. The number of amides is 1. The van der Waals surface area contributed by atoms with Crippen LogP contribution in [0.25, 0.3) is 22.4 Å². The first-order valence-electron chi connectivity index (χ1n) is 8.76. The maximum Gasteiger partial charge on any atom is 0.339 e. The average molecular weight is 451 g/mol. The van der Waals surface area contributed by atoms with Crippen LogP contribution in [0.15, 0.2) is 81.9 Å². The van der Waals surface area contributed by atoms with Crippen LogP contribution in [0.3, 0.4) is 0 Å². The first-order valence-corrected chi connectivity index (χ1v) is 9.56. The lowest BCUT2D eigenvalue weighted by atomic mass is 10.1. The van der Waals surface area contributed by atoms with Gasteiger partial charge in [-0.3, -0.25) is 4.79 Å². The number of benzene rings is 2. The fourth-order valence-electron chi connectivity index (χ4n) is 2.87. The van der Waals surface area contributed by atoms with Crippen LogP contribution in [-0.2, 0) is 9.53 Å². The fraction of sp³-hybridized carbons (Fsp3) is 0.0455. The van der Waals surface area contributed by atoms with Crippen molar-refractivity contribution in [3.63, 3.8) is 0 Å². The van der Waals surface area contributed by atoms with E-state index in [0.717, 1.165) is 4.47 Å². The topological polar surface area (TPSA) is 81.4 Å². The summed E-state index contributed by atoms with van der Waals surface area (Å²) in [4.78, 5) is 29.4. The van der Waals surface area contributed by atoms with Crippen molar-refractivity contribution in [2.24, 2.45) is 0 Å². The third kappa shape index (κ3) is 4.35. The van der Waals surface area contributed by atoms with Crippen LogP contribution in [0.5, 0.6) is 0 Å². The van der Waals surface area contributed by atoms with Gasteiger partial charge in [-0.15, -0.1) is 0 Å². The number of rotatable bonds is 5. The molecule has 0 spiro atoms. The highest BCUT2D eigenvalue weighted by molar-refractivity contribution is 9.10. The highest BCUT2D eigenvalue weighted by atomic mass is 79.9. The number of nitrogens with one attached hydrogen (secondary N) is 1. The summed E-state index contributed by atoms with van der Waals surface area (Å²) in [5.41, 5.74) is 2.07. The molecule has 6 nitrogen and oxygen atoms in total. The second kappa shape index (κ2) is 8.28. The van der Waals surface area contributed by atoms with Crippen molar-refractivity contribution < 1.29 is 18.7 Å². The van der Waals surface area contributed by atoms with E-state index in [9.17, 15) is 9.59 Å². The Hall–Kier alpha value is -3.45. The number of fused-ring (bicyclic) bond motifs is 1. The second-order valence-electron chi connectivity index (χ2n) is 6.18. The number of anilines is 1. The Balaban J connectivity index is 1.54. The quantitative estimate of drug-likeness (QED) is 0.430. The molecular weight excluding hydrogens is 436 g/mol. The highest BCUT2D eigenvalue weighted by Crippen LogP contribution is 2.25. The number of carbonyl (C=O) groups is 2. The van der Waals surface area contributed by atoms with E-state index in [1.807, 2.05) is 18.2 Å². The maximum atomic E-state index is 12.7. The molecule has 144 valence electrons. The van der Waals surface area contributed by atoms with Crippen LogP contribution in [0, 0.1) is 0 Å². The smallest absolute Gasteiger partial charge is 0.339 e. The molecule has 0 radical (unpaired) electrons. The lowest BCUT2D eigenvalue weighted by Crippen LogP contribution is -2.21. The molecule has 0 bridgehead atoms. The number of ether oxygens (including phenoxy) is 1. The number of carbonyl (C=O) groups excluding carboxylic acids is 2. The minimum atomic E-state index is -0.610. The molecule has 1 N–H and O–H groups in total. The van der Waals surface area contributed by atoms with Crippen molar-refractivity contribution in [2.45, 2.75) is 0 Å². The molecule has 2 heterocycles. The molecule has 0 unspecified atom stereocenters. The number of aromatic nitrogens is 1. The van der Waals surface area contributed by atoms with E-state index in [1.165, 1.54) is 6.26 Å². The fourth-order valence-corrected chi connectivity index (χ4v) is 3.27. The Morgan fingerprint density at radius 2 is 1.90 bits per heavy atom. The third-order valence-electron chi connectivity index (χ3n) is 4.15. The number of nitrogens with zero attached hydrogens (tertiary/aromatic N) is 1. The Morgan fingerprint density at radius 3 is 2.69 bits per heavy atom. The molecule has 29 heavy (non-hydrogen) atoms. The Morgan fingerprint density at radius 1 is 1.03 bits per heavy atom. The minimum Gasteiger partial charge on any atom is -0.463 e. The van der Waals surface area contributed by atoms with E-state index in [0.29, 0.717) is 33.6 Å². The lowest BCUT2D eigenvalue weighted by molar-refractivity contribution is -0.119. The molecule has 0 saturated heterocycles. The van der Waals surface area contributed by atoms with Crippen molar-refractivity contribution >= 4 is 44.4 Å². The van der Waals surface area contributed by atoms with Gasteiger partial charge in [0.1, 0.15) is 5.69 Å². The molecule has 2 aromatic heterocycles. The third-order valence-corrected chi connectivity index (χ3v) is 4.65. The number of esters is 1. The summed E-state index contributed by atoms with van der Waals surface area (Å²) < 4.78 is 11.5. The lowest BCUT2D eigenvalue weighted by Gasteiger charge is -2.10. The van der Waals surface area contributed by atoms with Crippen molar-refractivity contribution in [2.75, 3.05) is 11.9 Å². The molecule has 1 amide bonds. The van der Waals surface area contributed by atoms with Gasteiger partial charge in [-0.1, -0.05) is 40.2 Å². The van der Waals surface area contributed by atoms with Gasteiger partial charge in [0.2, 0.25) is 0 Å². The zero-order chi connectivity index (χ0) is 20.2. The standard InChI is InChI=1S/C22H15BrN2O4/c23-14-5-3-6-15(11-14)24-21(26)13-29-22(27)17-12-19(20-9-4-10-28-20)25-18-8-2-1-7-16(17)18/h1-12H,13H2,(H,24,26). The molecule has 4 rings (SSSR count). The molecule has 0 fully saturated rings. The number of para-hydroxylation sites is 1. The maximum absolute atomic E-state index is 12.7. The predicted molar refractivity (Wildman–Crippen MR) is 112 cm³/mol. The molecule has 7 heteroatoms. The average Bonchev–Trinajstić information content (AvgIpc) is 3.26. The van der Waals surface area contributed by atoms with Crippen LogP contribution in [0.2, 0.25) is 0 Å². The molecule has 2 aromatic carbocycles. The van der Waals surface area contributed by atoms with Crippen LogP contribution in [0.1, 0.15) is 10.4 Å². The first-order chi connectivity index (χ1) is 14.1. The number of pyridine rings is 1. The van der Waals surface area contributed by atoms with Gasteiger partial charge < -0.3 is 14.5 Å². The Labute approximate surface area is 174 Å². The number of hydrogen-bond acceptors (Lipinski definition) is 5. The highest BCUT2D eigenvalue weighted by Gasteiger charge is 2.17. The van der Waals surface area contributed by atoms with Crippen molar-refractivity contribution in [1.29, 1.82) is 0 Å². The Kier molecular flexibility index (Phi) is 5.39. The molecule has 0 aliphatic rings. The van der Waals surface area contributed by atoms with E-state index >= 15 is 0 Å². The van der Waals surface area contributed by atoms with E-state index in [1.54, 1.807) is 48.5 Å². The summed E-state index contributed by atoms with van der Waals surface area (Å²) in [6.07, 6.45) is 1.54. The largest absolute Gasteiger partial charge is 0.463 e. The summed E-state index contributed by atoms with van der Waals surface area (Å²) in [7, 11) is 0. The molecule has 0 aliphatic carbocycles. The van der Waals surface area contributed by atoms with Crippen LogP contribution in [-0.4, -0.2) is 23.5 Å². The molecule has 0 aliphatic heterocycles. The van der Waals surface area contributed by atoms with Gasteiger partial charge in [-0.25, -0.2) is 9.78 Å². The summed E-state index contributed by atoms with van der Waals surface area (Å²) >= 11 is 3.34. The van der Waals surface area contributed by atoms with Gasteiger partial charge in [0.15, 0.2) is 12.4 Å². The molecule has 4 aromatic rings. The number of halogens is 1.